The highest BCUT2D eigenvalue weighted by atomic mass is 28.4. The van der Waals surface area contributed by atoms with E-state index in [1.807, 2.05) is 21.8 Å². The van der Waals surface area contributed by atoms with Gasteiger partial charge < -0.3 is 19.0 Å². The predicted molar refractivity (Wildman–Crippen MR) is 145 cm³/mol. The Bertz CT molecular complexity index is 1130. The molecule has 36 heavy (non-hydrogen) atoms. The topological polar surface area (TPSA) is 83.6 Å². The van der Waals surface area contributed by atoms with Crippen LogP contribution in [0.5, 0.6) is 5.75 Å². The van der Waals surface area contributed by atoms with E-state index in [4.69, 9.17) is 24.1 Å². The van der Waals surface area contributed by atoms with Crippen molar-refractivity contribution in [1.29, 1.82) is 0 Å². The molecule has 3 heterocycles. The van der Waals surface area contributed by atoms with Gasteiger partial charge in [0.15, 0.2) is 6.23 Å². The van der Waals surface area contributed by atoms with Crippen LogP contribution in [0.15, 0.2) is 30.6 Å². The van der Waals surface area contributed by atoms with E-state index in [1.165, 1.54) is 0 Å². The first-order valence-corrected chi connectivity index (χ1v) is 16.1. The van der Waals surface area contributed by atoms with Crippen molar-refractivity contribution in [3.8, 4) is 17.0 Å². The minimum atomic E-state index is -1.97. The fourth-order valence-corrected chi connectivity index (χ4v) is 5.19. The van der Waals surface area contributed by atoms with Crippen LogP contribution < -0.4 is 4.43 Å². The smallest absolute Gasteiger partial charge is 0.250 e. The summed E-state index contributed by atoms with van der Waals surface area (Å²) in [6.45, 7) is 14.2. The lowest BCUT2D eigenvalue weighted by Crippen LogP contribution is -2.43. The number of aromatic nitrogens is 4. The number of nitrogens with zero attached hydrogens (tertiary/aromatic N) is 4. The highest BCUT2D eigenvalue weighted by Gasteiger charge is 2.39. The first kappa shape index (κ1) is 26.8. The third kappa shape index (κ3) is 6.19. The molecule has 1 atom stereocenters. The van der Waals surface area contributed by atoms with E-state index in [1.54, 1.807) is 0 Å². The Morgan fingerprint density at radius 2 is 2.00 bits per heavy atom. The maximum absolute atomic E-state index is 8.89. The number of aliphatic hydroxyl groups excluding tert-OH is 1. The average Bonchev–Trinajstić information content (AvgIpc) is 3.45. The number of benzene rings is 1. The molecule has 3 aromatic rings. The minimum absolute atomic E-state index is 0.0514. The van der Waals surface area contributed by atoms with Crippen LogP contribution in [0.2, 0.25) is 18.1 Å². The summed E-state index contributed by atoms with van der Waals surface area (Å²) in [5, 5.41) is 19.7. The van der Waals surface area contributed by atoms with Crippen molar-refractivity contribution < 1.29 is 19.0 Å². The van der Waals surface area contributed by atoms with Gasteiger partial charge in [0.2, 0.25) is 8.32 Å². The van der Waals surface area contributed by atoms with Crippen molar-refractivity contribution in [3.05, 3.63) is 30.6 Å². The fourth-order valence-electron chi connectivity index (χ4n) is 4.16. The summed E-state index contributed by atoms with van der Waals surface area (Å²) in [6.07, 6.45) is 8.70. The van der Waals surface area contributed by atoms with E-state index in [0.717, 1.165) is 66.6 Å². The maximum Gasteiger partial charge on any atom is 0.250 e. The zero-order valence-corrected chi connectivity index (χ0v) is 23.5. The molecule has 1 aliphatic heterocycles. The van der Waals surface area contributed by atoms with Crippen LogP contribution in [0, 0.1) is 0 Å². The lowest BCUT2D eigenvalue weighted by Gasteiger charge is -2.36. The summed E-state index contributed by atoms with van der Waals surface area (Å²) in [5.41, 5.74) is 2.92. The molecule has 0 spiro atoms. The Hall–Kier alpha value is -2.20. The molecule has 0 saturated carbocycles. The van der Waals surface area contributed by atoms with Crippen LogP contribution in [0.25, 0.3) is 22.2 Å². The van der Waals surface area contributed by atoms with Crippen molar-refractivity contribution in [2.24, 2.45) is 0 Å². The molecular weight excluding hydrogens is 472 g/mol. The van der Waals surface area contributed by atoms with Gasteiger partial charge in [-0.2, -0.15) is 10.2 Å². The Balaban J connectivity index is 1.61. The van der Waals surface area contributed by atoms with E-state index < -0.39 is 8.32 Å². The normalized spacial score (nSPS) is 17.1. The molecule has 9 heteroatoms. The van der Waals surface area contributed by atoms with Crippen molar-refractivity contribution in [1.82, 2.24) is 19.6 Å². The van der Waals surface area contributed by atoms with Gasteiger partial charge in [-0.15, -0.1) is 0 Å². The first-order chi connectivity index (χ1) is 17.2. The molecule has 1 aliphatic rings. The number of rotatable bonds is 11. The molecule has 2 aromatic heterocycles. The molecule has 1 N–H and O–H groups in total. The van der Waals surface area contributed by atoms with E-state index in [9.17, 15) is 0 Å². The average molecular weight is 515 g/mol. The summed E-state index contributed by atoms with van der Waals surface area (Å²) in [6, 6.07) is 6.33. The summed E-state index contributed by atoms with van der Waals surface area (Å²) < 4.78 is 22.4. The van der Waals surface area contributed by atoms with E-state index in [2.05, 4.69) is 57.2 Å². The second kappa shape index (κ2) is 11.5. The van der Waals surface area contributed by atoms with Gasteiger partial charge in [-0.25, -0.2) is 4.68 Å². The molecule has 1 unspecified atom stereocenters. The summed E-state index contributed by atoms with van der Waals surface area (Å²) in [5.74, 6) is 0.892. The number of hydrogen-bond acceptors (Lipinski definition) is 6. The molecule has 4 rings (SSSR count). The molecule has 0 bridgehead atoms. The molecule has 0 aliphatic carbocycles. The standard InChI is InChI=1S/C27H42N4O4Si/c1-27(2,3)36(4,5)35-22-11-12-24-23(18-22)26(29-31(24)25-10-6-8-16-34-25)21-19-28-30(20-21)13-17-33-15-9-7-14-32/h11-12,18-20,25,32H,6-10,13-17H2,1-5H3. The highest BCUT2D eigenvalue weighted by Crippen LogP contribution is 2.39. The van der Waals surface area contributed by atoms with Crippen LogP contribution >= 0.6 is 0 Å². The monoisotopic (exact) mass is 514 g/mol. The van der Waals surface area contributed by atoms with Crippen LogP contribution in [-0.4, -0.2) is 59.4 Å². The Labute approximate surface area is 215 Å². The van der Waals surface area contributed by atoms with Gasteiger partial charge in [0.1, 0.15) is 11.4 Å². The third-order valence-electron chi connectivity index (χ3n) is 7.35. The van der Waals surface area contributed by atoms with E-state index in [-0.39, 0.29) is 17.9 Å². The van der Waals surface area contributed by atoms with Crippen molar-refractivity contribution in [3.63, 3.8) is 0 Å². The van der Waals surface area contributed by atoms with Crippen molar-refractivity contribution >= 4 is 19.2 Å². The predicted octanol–water partition coefficient (Wildman–Crippen LogP) is 5.77. The summed E-state index contributed by atoms with van der Waals surface area (Å²) in [4.78, 5) is 0. The van der Waals surface area contributed by atoms with Gasteiger partial charge in [-0.05, 0) is 68.4 Å². The molecule has 198 valence electrons. The zero-order valence-electron chi connectivity index (χ0n) is 22.5. The number of fused-ring (bicyclic) bond motifs is 1. The van der Waals surface area contributed by atoms with Gasteiger partial charge in [0.05, 0.1) is 24.9 Å². The van der Waals surface area contributed by atoms with Gasteiger partial charge in [-0.3, -0.25) is 4.68 Å². The van der Waals surface area contributed by atoms with Crippen molar-refractivity contribution in [2.75, 3.05) is 26.4 Å². The quantitative estimate of drug-likeness (QED) is 0.258. The largest absolute Gasteiger partial charge is 0.543 e. The van der Waals surface area contributed by atoms with Gasteiger partial charge in [-0.1, -0.05) is 20.8 Å². The third-order valence-corrected chi connectivity index (χ3v) is 11.7. The lowest BCUT2D eigenvalue weighted by molar-refractivity contribution is -0.0365. The molecule has 0 radical (unpaired) electrons. The fraction of sp³-hybridized carbons (Fsp3) is 0.630. The number of hydrogen-bond donors (Lipinski definition) is 1. The molecule has 1 fully saturated rings. The van der Waals surface area contributed by atoms with Gasteiger partial charge in [0.25, 0.3) is 0 Å². The number of unbranched alkanes of at least 4 members (excludes halogenated alkanes) is 1. The van der Waals surface area contributed by atoms with Crippen LogP contribution in [-0.2, 0) is 16.0 Å². The molecule has 1 aromatic carbocycles. The zero-order chi connectivity index (χ0) is 25.8. The number of ether oxygens (including phenoxy) is 2. The van der Waals surface area contributed by atoms with Gasteiger partial charge in [0, 0.05) is 37.0 Å². The summed E-state index contributed by atoms with van der Waals surface area (Å²) in [7, 11) is -1.97. The van der Waals surface area contributed by atoms with E-state index in [0.29, 0.717) is 19.8 Å². The second-order valence-corrected chi connectivity index (χ2v) is 15.9. The van der Waals surface area contributed by atoms with Gasteiger partial charge >= 0.3 is 0 Å². The molecule has 8 nitrogen and oxygen atoms in total. The van der Waals surface area contributed by atoms with Crippen molar-refractivity contribution in [2.45, 2.75) is 83.8 Å². The molecule has 0 amide bonds. The SMILES string of the molecule is CC(C)(C)[Si](C)(C)Oc1ccc2c(c1)c(-c1cnn(CCOCCCCO)c1)nn2C1CCCCO1. The highest BCUT2D eigenvalue weighted by molar-refractivity contribution is 6.74. The minimum Gasteiger partial charge on any atom is -0.543 e. The Morgan fingerprint density at radius 1 is 1.17 bits per heavy atom. The summed E-state index contributed by atoms with van der Waals surface area (Å²) >= 11 is 0. The second-order valence-electron chi connectivity index (χ2n) is 11.2. The Kier molecular flexibility index (Phi) is 8.54. The Morgan fingerprint density at radius 3 is 2.72 bits per heavy atom. The molecule has 1 saturated heterocycles. The van der Waals surface area contributed by atoms with E-state index >= 15 is 0 Å². The van der Waals surface area contributed by atoms with Crippen LogP contribution in [0.4, 0.5) is 0 Å². The molecular formula is C27H42N4O4Si. The van der Waals surface area contributed by atoms with Crippen LogP contribution in [0.1, 0.15) is 59.1 Å². The maximum atomic E-state index is 8.89. The lowest BCUT2D eigenvalue weighted by atomic mass is 10.1. The number of aliphatic hydroxyl groups is 1. The first-order valence-electron chi connectivity index (χ1n) is 13.2. The van der Waals surface area contributed by atoms with Crippen LogP contribution in [0.3, 0.4) is 0 Å².